The lowest BCUT2D eigenvalue weighted by Crippen LogP contribution is -2.00. The Hall–Kier alpha value is -0.530. The highest BCUT2D eigenvalue weighted by atomic mass is 15.4. The Labute approximate surface area is 58.6 Å². The van der Waals surface area contributed by atoms with E-state index in [0.29, 0.717) is 0 Å². The van der Waals surface area contributed by atoms with Crippen molar-refractivity contribution < 1.29 is 0 Å². The molecular weight excluding hydrogens is 112 g/mol. The fourth-order valence-electron chi connectivity index (χ4n) is 0.245. The zero-order valence-corrected chi connectivity index (χ0v) is 7.18. The zero-order valence-electron chi connectivity index (χ0n) is 7.18. The van der Waals surface area contributed by atoms with Crippen molar-refractivity contribution in [3.8, 4) is 0 Å². The molecule has 2 nitrogen and oxygen atoms in total. The molecule has 0 N–H and O–H groups in total. The lowest BCUT2D eigenvalue weighted by atomic mass is 10.6. The Morgan fingerprint density at radius 2 is 1.78 bits per heavy atom. The smallest absolute Gasteiger partial charge is 0.0244 e. The van der Waals surface area contributed by atoms with Crippen molar-refractivity contribution in [3.05, 3.63) is 0 Å². The molecule has 56 valence electrons. The summed E-state index contributed by atoms with van der Waals surface area (Å²) in [7, 11) is 3.82. The molecule has 0 unspecified atom stereocenters. The maximum absolute atomic E-state index is 3.95. The summed E-state index contributed by atoms with van der Waals surface area (Å²) in [5.41, 5.74) is 0. The molecule has 0 rings (SSSR count). The standard InChI is InChI=1S/C5H12N2.C2H6/c1-4-5-6-7(2)3;1-2/h5H,4H2,1-3H3;1-2H3/b6-5-;. The molecular formula is C7H18N2. The second-order valence-electron chi connectivity index (χ2n) is 1.55. The van der Waals surface area contributed by atoms with E-state index in [1.807, 2.05) is 34.2 Å². The Morgan fingerprint density at radius 3 is 1.89 bits per heavy atom. The maximum Gasteiger partial charge on any atom is 0.0244 e. The van der Waals surface area contributed by atoms with Crippen LogP contribution >= 0.6 is 0 Å². The first-order valence-corrected chi connectivity index (χ1v) is 3.47. The van der Waals surface area contributed by atoms with Gasteiger partial charge in [-0.25, -0.2) is 0 Å². The van der Waals surface area contributed by atoms with E-state index in [2.05, 4.69) is 12.0 Å². The van der Waals surface area contributed by atoms with Gasteiger partial charge < -0.3 is 5.01 Å². The zero-order chi connectivity index (χ0) is 7.70. The van der Waals surface area contributed by atoms with Crippen LogP contribution in [0.2, 0.25) is 0 Å². The molecule has 0 saturated carbocycles. The van der Waals surface area contributed by atoms with E-state index >= 15 is 0 Å². The van der Waals surface area contributed by atoms with Crippen molar-refractivity contribution in [2.75, 3.05) is 14.1 Å². The third-order valence-electron chi connectivity index (χ3n) is 0.495. The number of hydrogen-bond donors (Lipinski definition) is 0. The van der Waals surface area contributed by atoms with Crippen molar-refractivity contribution in [2.24, 2.45) is 5.10 Å². The van der Waals surface area contributed by atoms with Gasteiger partial charge in [0.2, 0.25) is 0 Å². The Bertz CT molecular complexity index is 57.9. The molecule has 0 aliphatic carbocycles. The monoisotopic (exact) mass is 130 g/mol. The summed E-state index contributed by atoms with van der Waals surface area (Å²) in [6, 6.07) is 0. The van der Waals surface area contributed by atoms with Crippen LogP contribution in [-0.4, -0.2) is 25.3 Å². The normalized spacial score (nSPS) is 8.56. The molecule has 0 saturated heterocycles. The van der Waals surface area contributed by atoms with E-state index in [4.69, 9.17) is 0 Å². The van der Waals surface area contributed by atoms with Crippen LogP contribution in [0, 0.1) is 0 Å². The average molecular weight is 130 g/mol. The molecule has 0 aromatic carbocycles. The van der Waals surface area contributed by atoms with Crippen molar-refractivity contribution in [1.82, 2.24) is 5.01 Å². The summed E-state index contributed by atoms with van der Waals surface area (Å²) in [6.07, 6.45) is 2.89. The van der Waals surface area contributed by atoms with Gasteiger partial charge in [-0.3, -0.25) is 0 Å². The maximum atomic E-state index is 3.95. The second-order valence-corrected chi connectivity index (χ2v) is 1.55. The minimum atomic E-state index is 1.01. The summed E-state index contributed by atoms with van der Waals surface area (Å²) in [4.78, 5) is 0. The molecule has 0 amide bonds. The predicted octanol–water partition coefficient (Wildman–Crippen LogP) is 1.97. The van der Waals surface area contributed by atoms with Crippen molar-refractivity contribution >= 4 is 6.21 Å². The SMILES string of the molecule is CC.CC/C=N\N(C)C. The molecule has 0 spiro atoms. The summed E-state index contributed by atoms with van der Waals surface area (Å²) in [6.45, 7) is 6.06. The Kier molecular flexibility index (Phi) is 13.1. The molecule has 0 aromatic rings. The summed E-state index contributed by atoms with van der Waals surface area (Å²) < 4.78 is 0. The molecule has 9 heavy (non-hydrogen) atoms. The van der Waals surface area contributed by atoms with Crippen LogP contribution in [0.15, 0.2) is 5.10 Å². The molecule has 0 fully saturated rings. The van der Waals surface area contributed by atoms with Crippen LogP contribution in [0.1, 0.15) is 27.2 Å². The number of hydrazone groups is 1. The highest BCUT2D eigenvalue weighted by molar-refractivity contribution is 5.55. The minimum Gasteiger partial charge on any atom is -0.303 e. The van der Waals surface area contributed by atoms with E-state index in [0.717, 1.165) is 6.42 Å². The van der Waals surface area contributed by atoms with Gasteiger partial charge in [-0.2, -0.15) is 5.10 Å². The van der Waals surface area contributed by atoms with Crippen LogP contribution in [0.25, 0.3) is 0 Å². The Balaban J connectivity index is 0. The molecule has 2 heteroatoms. The topological polar surface area (TPSA) is 15.6 Å². The van der Waals surface area contributed by atoms with Gasteiger partial charge in [-0.15, -0.1) is 0 Å². The first-order chi connectivity index (χ1) is 4.27. The number of rotatable bonds is 2. The molecule has 0 aliphatic rings. The van der Waals surface area contributed by atoms with Crippen LogP contribution in [0.5, 0.6) is 0 Å². The Morgan fingerprint density at radius 1 is 1.33 bits per heavy atom. The third-order valence-corrected chi connectivity index (χ3v) is 0.495. The van der Waals surface area contributed by atoms with E-state index in [1.165, 1.54) is 0 Å². The first kappa shape index (κ1) is 11.3. The molecule has 0 bridgehead atoms. The lowest BCUT2D eigenvalue weighted by Gasteiger charge is -1.99. The van der Waals surface area contributed by atoms with Crippen LogP contribution in [0.4, 0.5) is 0 Å². The highest BCUT2D eigenvalue weighted by Gasteiger charge is 1.70. The predicted molar refractivity (Wildman–Crippen MR) is 43.8 cm³/mol. The molecule has 0 radical (unpaired) electrons. The van der Waals surface area contributed by atoms with Gasteiger partial charge in [0.1, 0.15) is 0 Å². The number of nitrogens with zero attached hydrogens (tertiary/aromatic N) is 2. The van der Waals surface area contributed by atoms with Crippen LogP contribution in [0.3, 0.4) is 0 Å². The fourth-order valence-corrected chi connectivity index (χ4v) is 0.245. The molecule has 0 aliphatic heterocycles. The van der Waals surface area contributed by atoms with Gasteiger partial charge in [0.05, 0.1) is 0 Å². The highest BCUT2D eigenvalue weighted by Crippen LogP contribution is 1.72. The fraction of sp³-hybridized carbons (Fsp3) is 0.857. The minimum absolute atomic E-state index is 1.01. The molecule has 0 heterocycles. The largest absolute Gasteiger partial charge is 0.303 e. The van der Waals surface area contributed by atoms with E-state index in [9.17, 15) is 0 Å². The van der Waals surface area contributed by atoms with E-state index in [1.54, 1.807) is 5.01 Å². The summed E-state index contributed by atoms with van der Waals surface area (Å²) in [5, 5.41) is 5.73. The van der Waals surface area contributed by atoms with E-state index < -0.39 is 0 Å². The average Bonchev–Trinajstić information content (AvgIpc) is 1.88. The van der Waals surface area contributed by atoms with Crippen LogP contribution in [-0.2, 0) is 0 Å². The van der Waals surface area contributed by atoms with Crippen LogP contribution < -0.4 is 0 Å². The van der Waals surface area contributed by atoms with Gasteiger partial charge in [0, 0.05) is 20.3 Å². The van der Waals surface area contributed by atoms with Crippen molar-refractivity contribution in [3.63, 3.8) is 0 Å². The first-order valence-electron chi connectivity index (χ1n) is 3.47. The molecule has 0 aromatic heterocycles. The van der Waals surface area contributed by atoms with Gasteiger partial charge >= 0.3 is 0 Å². The number of hydrogen-bond acceptors (Lipinski definition) is 2. The quantitative estimate of drug-likeness (QED) is 0.412. The molecule has 0 atom stereocenters. The van der Waals surface area contributed by atoms with Gasteiger partial charge in [-0.1, -0.05) is 20.8 Å². The van der Waals surface area contributed by atoms with E-state index in [-0.39, 0.29) is 0 Å². The summed E-state index contributed by atoms with van der Waals surface area (Å²) in [5.74, 6) is 0. The lowest BCUT2D eigenvalue weighted by molar-refractivity contribution is 0.439. The third kappa shape index (κ3) is 18.6. The van der Waals surface area contributed by atoms with Crippen molar-refractivity contribution in [1.29, 1.82) is 0 Å². The van der Waals surface area contributed by atoms with Gasteiger partial charge in [-0.05, 0) is 6.42 Å². The van der Waals surface area contributed by atoms with Gasteiger partial charge in [0.25, 0.3) is 0 Å². The van der Waals surface area contributed by atoms with Crippen molar-refractivity contribution in [2.45, 2.75) is 27.2 Å². The van der Waals surface area contributed by atoms with Gasteiger partial charge in [0.15, 0.2) is 0 Å². The second kappa shape index (κ2) is 10.5. The summed E-state index contributed by atoms with van der Waals surface area (Å²) >= 11 is 0.